The smallest absolute Gasteiger partial charge is 0.254 e. The van der Waals surface area contributed by atoms with E-state index in [9.17, 15) is 9.90 Å². The van der Waals surface area contributed by atoms with Crippen LogP contribution >= 0.6 is 0 Å². The van der Waals surface area contributed by atoms with Crippen molar-refractivity contribution in [2.24, 2.45) is 0 Å². The lowest BCUT2D eigenvalue weighted by atomic mass is 10.1. The second-order valence-corrected chi connectivity index (χ2v) is 6.43. The summed E-state index contributed by atoms with van der Waals surface area (Å²) < 4.78 is 2.09. The topological polar surface area (TPSA) is 87.4 Å². The molecule has 2 aromatic rings. The first kappa shape index (κ1) is 15.2. The van der Waals surface area contributed by atoms with Crippen LogP contribution in [0.2, 0.25) is 0 Å². The van der Waals surface area contributed by atoms with Crippen LogP contribution < -0.4 is 0 Å². The van der Waals surface area contributed by atoms with Crippen LogP contribution in [0.5, 0.6) is 0 Å². The zero-order valence-corrected chi connectivity index (χ0v) is 13.5. The molecular weight excluding hydrogens is 308 g/mol. The van der Waals surface area contributed by atoms with Gasteiger partial charge in [-0.3, -0.25) is 14.7 Å². The number of aromatic nitrogens is 4. The third kappa shape index (κ3) is 2.57. The van der Waals surface area contributed by atoms with Crippen molar-refractivity contribution in [2.45, 2.75) is 31.7 Å². The number of carbonyl (C=O) groups is 1. The number of aliphatic hydroxyl groups excluding tert-OH is 1. The fraction of sp³-hybridized carbons (Fsp3) is 0.500. The van der Waals surface area contributed by atoms with Gasteiger partial charge in [-0.15, -0.1) is 10.2 Å². The molecule has 2 aliphatic rings. The predicted octanol–water partition coefficient (Wildman–Crippen LogP) is 0.0666. The summed E-state index contributed by atoms with van der Waals surface area (Å²) in [6, 6.07) is 3.54. The minimum Gasteiger partial charge on any atom is -0.392 e. The number of likely N-dealkylation sites (tertiary alicyclic amines) is 1. The van der Waals surface area contributed by atoms with Gasteiger partial charge in [-0.2, -0.15) is 0 Å². The van der Waals surface area contributed by atoms with Crippen LogP contribution in [0, 0.1) is 0 Å². The third-order valence-corrected chi connectivity index (χ3v) is 4.82. The van der Waals surface area contributed by atoms with E-state index in [1.165, 1.54) is 0 Å². The highest BCUT2D eigenvalue weighted by Gasteiger charge is 2.35. The van der Waals surface area contributed by atoms with Gasteiger partial charge < -0.3 is 14.6 Å². The van der Waals surface area contributed by atoms with Gasteiger partial charge in [0.25, 0.3) is 5.91 Å². The highest BCUT2D eigenvalue weighted by atomic mass is 16.3. The molecule has 0 spiro atoms. The Hall–Kier alpha value is -2.32. The molecule has 0 aromatic carbocycles. The lowest BCUT2D eigenvalue weighted by molar-refractivity contribution is 0.0705. The monoisotopic (exact) mass is 328 g/mol. The van der Waals surface area contributed by atoms with Crippen molar-refractivity contribution in [1.82, 2.24) is 29.5 Å². The van der Waals surface area contributed by atoms with Gasteiger partial charge in [-0.25, -0.2) is 0 Å². The van der Waals surface area contributed by atoms with Crippen LogP contribution in [0.3, 0.4) is 0 Å². The number of amides is 1. The maximum absolute atomic E-state index is 12.6. The van der Waals surface area contributed by atoms with Crippen LogP contribution in [0.4, 0.5) is 0 Å². The lowest BCUT2D eigenvalue weighted by Gasteiger charge is -2.29. The fourth-order valence-corrected chi connectivity index (χ4v) is 3.55. The Morgan fingerprint density at radius 3 is 2.75 bits per heavy atom. The van der Waals surface area contributed by atoms with Gasteiger partial charge in [0.15, 0.2) is 11.6 Å². The summed E-state index contributed by atoms with van der Waals surface area (Å²) >= 11 is 0. The van der Waals surface area contributed by atoms with Gasteiger partial charge in [-0.05, 0) is 25.6 Å². The number of rotatable bonds is 2. The van der Waals surface area contributed by atoms with E-state index in [0.717, 1.165) is 11.6 Å². The average molecular weight is 328 g/mol. The van der Waals surface area contributed by atoms with Crippen LogP contribution in [-0.4, -0.2) is 66.8 Å². The molecule has 8 heteroatoms. The fourth-order valence-electron chi connectivity index (χ4n) is 3.55. The number of nitrogens with zero attached hydrogens (tertiary/aromatic N) is 6. The molecule has 4 rings (SSSR count). The van der Waals surface area contributed by atoms with Gasteiger partial charge in [0.05, 0.1) is 18.7 Å². The van der Waals surface area contributed by atoms with Crippen LogP contribution in [-0.2, 0) is 13.1 Å². The molecule has 2 atom stereocenters. The zero-order chi connectivity index (χ0) is 16.7. The third-order valence-electron chi connectivity index (χ3n) is 4.82. The van der Waals surface area contributed by atoms with E-state index in [1.54, 1.807) is 29.4 Å². The first-order valence-corrected chi connectivity index (χ1v) is 8.13. The molecular formula is C16H20N6O2. The van der Waals surface area contributed by atoms with Gasteiger partial charge in [-0.1, -0.05) is 0 Å². The highest BCUT2D eigenvalue weighted by Crippen LogP contribution is 2.30. The molecule has 1 saturated heterocycles. The molecule has 1 amide bonds. The van der Waals surface area contributed by atoms with Gasteiger partial charge in [0, 0.05) is 37.6 Å². The predicted molar refractivity (Wildman–Crippen MR) is 85.0 cm³/mol. The molecule has 2 aromatic heterocycles. The summed E-state index contributed by atoms with van der Waals surface area (Å²) in [6.07, 6.45) is 3.60. The number of hydrogen-bond acceptors (Lipinski definition) is 6. The Morgan fingerprint density at radius 2 is 2.04 bits per heavy atom. The number of likely N-dealkylation sites (N-methyl/N-ethyl adjacent to an activating group) is 1. The Kier molecular flexibility index (Phi) is 3.78. The molecule has 126 valence electrons. The van der Waals surface area contributed by atoms with E-state index in [2.05, 4.69) is 24.6 Å². The lowest BCUT2D eigenvalue weighted by Crippen LogP contribution is -2.39. The largest absolute Gasteiger partial charge is 0.392 e. The van der Waals surface area contributed by atoms with Gasteiger partial charge in [0.2, 0.25) is 0 Å². The highest BCUT2D eigenvalue weighted by molar-refractivity contribution is 5.94. The summed E-state index contributed by atoms with van der Waals surface area (Å²) in [7, 11) is 1.99. The molecule has 2 aliphatic heterocycles. The minimum atomic E-state index is -0.318. The molecule has 8 nitrogen and oxygen atoms in total. The molecule has 0 radical (unpaired) electrons. The number of aliphatic hydroxyl groups is 1. The molecule has 0 unspecified atom stereocenters. The first-order chi connectivity index (χ1) is 11.6. The van der Waals surface area contributed by atoms with Crippen molar-refractivity contribution < 1.29 is 9.90 Å². The van der Waals surface area contributed by atoms with Crippen molar-refractivity contribution in [3.05, 3.63) is 41.7 Å². The SMILES string of the molecule is CN1C[C@H](O)C[C@H]1c1nnc2n1CCN(C(=O)c1ccncc1)C2. The van der Waals surface area contributed by atoms with Crippen molar-refractivity contribution in [3.63, 3.8) is 0 Å². The molecule has 1 N–H and O–H groups in total. The van der Waals surface area contributed by atoms with E-state index in [0.29, 0.717) is 38.2 Å². The van der Waals surface area contributed by atoms with Crippen molar-refractivity contribution in [2.75, 3.05) is 20.1 Å². The second kappa shape index (κ2) is 5.95. The molecule has 0 saturated carbocycles. The van der Waals surface area contributed by atoms with Gasteiger partial charge in [0.1, 0.15) is 0 Å². The maximum Gasteiger partial charge on any atom is 0.254 e. The molecule has 24 heavy (non-hydrogen) atoms. The summed E-state index contributed by atoms with van der Waals surface area (Å²) in [4.78, 5) is 20.4. The maximum atomic E-state index is 12.6. The Bertz CT molecular complexity index is 746. The van der Waals surface area contributed by atoms with Crippen LogP contribution in [0.25, 0.3) is 0 Å². The summed E-state index contributed by atoms with van der Waals surface area (Å²) in [5, 5.41) is 18.5. The molecule has 4 heterocycles. The molecule has 0 bridgehead atoms. The van der Waals surface area contributed by atoms with Crippen LogP contribution in [0.1, 0.15) is 34.5 Å². The van der Waals surface area contributed by atoms with Crippen LogP contribution in [0.15, 0.2) is 24.5 Å². The first-order valence-electron chi connectivity index (χ1n) is 8.13. The second-order valence-electron chi connectivity index (χ2n) is 6.43. The van der Waals surface area contributed by atoms with E-state index >= 15 is 0 Å². The van der Waals surface area contributed by atoms with Gasteiger partial charge >= 0.3 is 0 Å². The van der Waals surface area contributed by atoms with E-state index < -0.39 is 0 Å². The van der Waals surface area contributed by atoms with Crippen molar-refractivity contribution >= 4 is 5.91 Å². The van der Waals surface area contributed by atoms with Crippen molar-refractivity contribution in [1.29, 1.82) is 0 Å². The Balaban J connectivity index is 1.54. The van der Waals surface area contributed by atoms with Crippen molar-refractivity contribution in [3.8, 4) is 0 Å². The number of fused-ring (bicyclic) bond motifs is 1. The summed E-state index contributed by atoms with van der Waals surface area (Å²) in [5.74, 6) is 1.68. The quantitative estimate of drug-likeness (QED) is 0.839. The summed E-state index contributed by atoms with van der Waals surface area (Å²) in [5.41, 5.74) is 0.636. The van der Waals surface area contributed by atoms with E-state index in [-0.39, 0.29) is 18.1 Å². The molecule has 1 fully saturated rings. The minimum absolute atomic E-state index is 0.0124. The Labute approximate surface area is 139 Å². The standard InChI is InChI=1S/C16H20N6O2/c1-20-9-12(23)8-13(20)15-19-18-14-10-21(6-7-22(14)15)16(24)11-2-4-17-5-3-11/h2-5,12-13,23H,6-10H2,1H3/t12-,13+/m1/s1. The van der Waals surface area contributed by atoms with E-state index in [1.807, 2.05) is 7.05 Å². The molecule has 0 aliphatic carbocycles. The number of hydrogen-bond donors (Lipinski definition) is 1. The average Bonchev–Trinajstić information content (AvgIpc) is 3.16. The number of β-amino-alcohol motifs (C(OH)–C–C–N with tert-alkyl or cyclic N) is 1. The number of pyridine rings is 1. The Morgan fingerprint density at radius 1 is 1.25 bits per heavy atom. The van der Waals surface area contributed by atoms with E-state index in [4.69, 9.17) is 0 Å². The normalized spacial score (nSPS) is 24.2. The number of carbonyl (C=O) groups excluding carboxylic acids is 1. The summed E-state index contributed by atoms with van der Waals surface area (Å²) in [6.45, 7) is 2.40. The zero-order valence-electron chi connectivity index (χ0n) is 13.5.